The number of hydrogen-bond donors (Lipinski definition) is 1. The second-order valence-corrected chi connectivity index (χ2v) is 2.35. The molecule has 0 radical (unpaired) electrons. The predicted molar refractivity (Wildman–Crippen MR) is 61.8 cm³/mol. The van der Waals surface area contributed by atoms with E-state index in [0.29, 0.717) is 13.0 Å². The van der Waals surface area contributed by atoms with Crippen LogP contribution in [0.5, 0.6) is 0 Å². The van der Waals surface area contributed by atoms with Crippen molar-refractivity contribution in [3.05, 3.63) is 30.1 Å². The molecule has 0 aliphatic heterocycles. The summed E-state index contributed by atoms with van der Waals surface area (Å²) < 4.78 is 4.99. The number of nitrogens with zero attached hydrogens (tertiary/aromatic N) is 1. The fraction of sp³-hybridized carbons (Fsp3) is 0.333. The average Bonchev–Trinajstić information content (AvgIpc) is 2.06. The molecule has 0 aliphatic carbocycles. The van der Waals surface area contributed by atoms with Crippen molar-refractivity contribution in [3.8, 4) is 0 Å². The molecule has 5 heteroatoms. The number of ether oxygens (including phenoxy) is 1. The molecule has 0 fully saturated rings. The molecule has 14 heavy (non-hydrogen) atoms. The van der Waals surface area contributed by atoms with Gasteiger partial charge in [0.15, 0.2) is 5.90 Å². The summed E-state index contributed by atoms with van der Waals surface area (Å²) in [5, 5.41) is 7.36. The number of halogens is 2. The molecule has 0 saturated carbocycles. The van der Waals surface area contributed by atoms with E-state index in [1.54, 1.807) is 6.20 Å². The third-order valence-electron chi connectivity index (χ3n) is 1.39. The van der Waals surface area contributed by atoms with Crippen LogP contribution in [0, 0.1) is 5.41 Å². The van der Waals surface area contributed by atoms with E-state index >= 15 is 0 Å². The molecule has 0 unspecified atom stereocenters. The fourth-order valence-corrected chi connectivity index (χ4v) is 0.892. The zero-order valence-electron chi connectivity index (χ0n) is 7.90. The summed E-state index contributed by atoms with van der Waals surface area (Å²) >= 11 is 0. The molecule has 0 saturated heterocycles. The van der Waals surface area contributed by atoms with Gasteiger partial charge in [0.05, 0.1) is 13.0 Å². The van der Waals surface area contributed by atoms with Gasteiger partial charge in [-0.25, -0.2) is 0 Å². The molecule has 3 nitrogen and oxygen atoms in total. The van der Waals surface area contributed by atoms with E-state index in [0.717, 1.165) is 5.69 Å². The summed E-state index contributed by atoms with van der Waals surface area (Å²) in [6, 6.07) is 5.64. The smallest absolute Gasteiger partial charge is 0.186 e. The molecule has 1 rings (SSSR count). The Morgan fingerprint density at radius 3 is 2.64 bits per heavy atom. The van der Waals surface area contributed by atoms with E-state index in [9.17, 15) is 0 Å². The topological polar surface area (TPSA) is 46.0 Å². The van der Waals surface area contributed by atoms with Gasteiger partial charge in [0.2, 0.25) is 0 Å². The normalized spacial score (nSPS) is 8.07. The Hall–Kier alpha value is -0.800. The second-order valence-electron chi connectivity index (χ2n) is 2.35. The second kappa shape index (κ2) is 8.78. The van der Waals surface area contributed by atoms with Crippen LogP contribution < -0.4 is 0 Å². The maximum atomic E-state index is 7.36. The lowest BCUT2D eigenvalue weighted by atomic mass is 10.3. The van der Waals surface area contributed by atoms with Crippen molar-refractivity contribution in [2.45, 2.75) is 13.3 Å². The zero-order valence-corrected chi connectivity index (χ0v) is 9.53. The molecular weight excluding hydrogens is 223 g/mol. The van der Waals surface area contributed by atoms with Gasteiger partial charge in [0.1, 0.15) is 0 Å². The first-order valence-corrected chi connectivity index (χ1v) is 3.93. The maximum Gasteiger partial charge on any atom is 0.186 e. The lowest BCUT2D eigenvalue weighted by molar-refractivity contribution is 0.316. The molecule has 0 bridgehead atoms. The number of rotatable bonds is 3. The monoisotopic (exact) mass is 236 g/mol. The minimum Gasteiger partial charge on any atom is -0.481 e. The average molecular weight is 237 g/mol. The molecule has 0 aromatic carbocycles. The van der Waals surface area contributed by atoms with Gasteiger partial charge in [-0.3, -0.25) is 10.4 Å². The largest absolute Gasteiger partial charge is 0.481 e. The highest BCUT2D eigenvalue weighted by molar-refractivity contribution is 5.85. The predicted octanol–water partition coefficient (Wildman–Crippen LogP) is 2.48. The van der Waals surface area contributed by atoms with Gasteiger partial charge in [-0.1, -0.05) is 6.07 Å². The Morgan fingerprint density at radius 1 is 1.43 bits per heavy atom. The fourth-order valence-electron chi connectivity index (χ4n) is 0.892. The van der Waals surface area contributed by atoms with Crippen molar-refractivity contribution in [2.75, 3.05) is 6.61 Å². The first-order chi connectivity index (χ1) is 5.83. The molecule has 80 valence electrons. The molecular formula is C9H14Cl2N2O. The SMILES string of the molecule is CCOC(=N)Cc1ccccn1.Cl.Cl. The van der Waals surface area contributed by atoms with Crippen molar-refractivity contribution in [1.82, 2.24) is 4.98 Å². The van der Waals surface area contributed by atoms with Crippen LogP contribution in [-0.2, 0) is 11.2 Å². The Labute approximate surface area is 96.2 Å². The Morgan fingerprint density at radius 2 is 2.14 bits per heavy atom. The van der Waals surface area contributed by atoms with Crippen LogP contribution >= 0.6 is 24.8 Å². The first kappa shape index (κ1) is 15.7. The van der Waals surface area contributed by atoms with Crippen LogP contribution in [0.25, 0.3) is 0 Å². The first-order valence-electron chi connectivity index (χ1n) is 3.93. The van der Waals surface area contributed by atoms with Crippen molar-refractivity contribution in [1.29, 1.82) is 5.41 Å². The zero-order chi connectivity index (χ0) is 8.81. The van der Waals surface area contributed by atoms with E-state index in [4.69, 9.17) is 10.1 Å². The van der Waals surface area contributed by atoms with Gasteiger partial charge in [0, 0.05) is 11.9 Å². The number of aromatic nitrogens is 1. The summed E-state index contributed by atoms with van der Waals surface area (Å²) in [4.78, 5) is 4.08. The van der Waals surface area contributed by atoms with Gasteiger partial charge in [-0.15, -0.1) is 24.8 Å². The highest BCUT2D eigenvalue weighted by Gasteiger charge is 1.98. The van der Waals surface area contributed by atoms with Crippen molar-refractivity contribution >= 4 is 30.7 Å². The van der Waals surface area contributed by atoms with Crippen LogP contribution in [0.1, 0.15) is 12.6 Å². The minimum absolute atomic E-state index is 0. The highest BCUT2D eigenvalue weighted by Crippen LogP contribution is 1.96. The summed E-state index contributed by atoms with van der Waals surface area (Å²) in [5.74, 6) is 0.274. The van der Waals surface area contributed by atoms with Gasteiger partial charge in [-0.2, -0.15) is 0 Å². The lowest BCUT2D eigenvalue weighted by Crippen LogP contribution is -2.07. The van der Waals surface area contributed by atoms with E-state index in [-0.39, 0.29) is 30.7 Å². The maximum absolute atomic E-state index is 7.36. The highest BCUT2D eigenvalue weighted by atomic mass is 35.5. The van der Waals surface area contributed by atoms with Crippen molar-refractivity contribution in [2.24, 2.45) is 0 Å². The molecule has 0 atom stereocenters. The van der Waals surface area contributed by atoms with Gasteiger partial charge >= 0.3 is 0 Å². The van der Waals surface area contributed by atoms with Crippen molar-refractivity contribution in [3.63, 3.8) is 0 Å². The summed E-state index contributed by atoms with van der Waals surface area (Å²) in [6.07, 6.45) is 2.20. The molecule has 0 amide bonds. The van der Waals surface area contributed by atoms with Gasteiger partial charge in [0.25, 0.3) is 0 Å². The van der Waals surface area contributed by atoms with Crippen LogP contribution in [-0.4, -0.2) is 17.5 Å². The summed E-state index contributed by atoms with van der Waals surface area (Å²) in [7, 11) is 0. The lowest BCUT2D eigenvalue weighted by Gasteiger charge is -2.02. The Bertz CT molecular complexity index is 254. The number of pyridine rings is 1. The molecule has 0 aliphatic rings. The third kappa shape index (κ3) is 5.78. The molecule has 1 aromatic heterocycles. The molecule has 1 N–H and O–H groups in total. The third-order valence-corrected chi connectivity index (χ3v) is 1.39. The summed E-state index contributed by atoms with van der Waals surface area (Å²) in [5.41, 5.74) is 0.871. The molecule has 0 spiro atoms. The van der Waals surface area contributed by atoms with Crippen LogP contribution in [0.4, 0.5) is 0 Å². The van der Waals surface area contributed by atoms with Crippen molar-refractivity contribution < 1.29 is 4.74 Å². The molecule has 1 heterocycles. The standard InChI is InChI=1S/C9H12N2O.2ClH/c1-2-12-9(10)7-8-5-3-4-6-11-8;;/h3-6,10H,2,7H2,1H3;2*1H. The summed E-state index contributed by atoms with van der Waals surface area (Å²) in [6.45, 7) is 2.42. The van der Waals surface area contributed by atoms with Crippen LogP contribution in [0.15, 0.2) is 24.4 Å². The minimum atomic E-state index is 0. The quantitative estimate of drug-likeness (QED) is 0.648. The van der Waals surface area contributed by atoms with E-state index in [1.165, 1.54) is 0 Å². The van der Waals surface area contributed by atoms with E-state index in [2.05, 4.69) is 4.98 Å². The molecule has 1 aromatic rings. The Balaban J connectivity index is 0. The van der Waals surface area contributed by atoms with E-state index < -0.39 is 0 Å². The van der Waals surface area contributed by atoms with Crippen LogP contribution in [0.2, 0.25) is 0 Å². The van der Waals surface area contributed by atoms with Gasteiger partial charge < -0.3 is 4.74 Å². The number of nitrogens with one attached hydrogen (secondary N) is 1. The number of hydrogen-bond acceptors (Lipinski definition) is 3. The van der Waals surface area contributed by atoms with Gasteiger partial charge in [-0.05, 0) is 19.1 Å². The van der Waals surface area contributed by atoms with Crippen LogP contribution in [0.3, 0.4) is 0 Å². The Kier molecular flexibility index (Phi) is 9.83. The van der Waals surface area contributed by atoms with E-state index in [1.807, 2.05) is 25.1 Å².